The number of rotatable bonds is 3. The number of hydrogen-bond acceptors (Lipinski definition) is 2. The molecule has 2 aliphatic rings. The summed E-state index contributed by atoms with van der Waals surface area (Å²) in [5, 5.41) is 3.40. The van der Waals surface area contributed by atoms with Crippen LogP contribution in [0.3, 0.4) is 0 Å². The molecule has 1 saturated heterocycles. The highest BCUT2D eigenvalue weighted by atomic mass is 15.2. The van der Waals surface area contributed by atoms with Gasteiger partial charge in [-0.3, -0.25) is 4.90 Å². The van der Waals surface area contributed by atoms with Crippen LogP contribution < -0.4 is 5.32 Å². The Hall–Kier alpha value is -0.860. The molecule has 0 amide bonds. The first kappa shape index (κ1) is 9.37. The summed E-state index contributed by atoms with van der Waals surface area (Å²) >= 11 is 0. The lowest BCUT2D eigenvalue weighted by Crippen LogP contribution is -2.29. The van der Waals surface area contributed by atoms with E-state index in [1.165, 1.54) is 18.7 Å². The topological polar surface area (TPSA) is 15.3 Å². The van der Waals surface area contributed by atoms with Crippen molar-refractivity contribution >= 4 is 0 Å². The highest BCUT2D eigenvalue weighted by molar-refractivity contribution is 5.16. The van der Waals surface area contributed by atoms with Gasteiger partial charge in [0.05, 0.1) is 0 Å². The number of piperidine rings is 1. The molecule has 1 aliphatic heterocycles. The Morgan fingerprint density at radius 1 is 1.20 bits per heavy atom. The summed E-state index contributed by atoms with van der Waals surface area (Å²) in [7, 11) is 2.09. The van der Waals surface area contributed by atoms with E-state index in [0.717, 1.165) is 24.4 Å². The Morgan fingerprint density at radius 2 is 1.87 bits per heavy atom. The van der Waals surface area contributed by atoms with Gasteiger partial charge in [-0.25, -0.2) is 0 Å². The second-order valence-electron chi connectivity index (χ2n) is 4.82. The minimum absolute atomic E-state index is 0.817. The Bertz CT molecular complexity index is 324. The SMILES string of the molecule is CN[C@H]1[C@@H]2CN(Cc3ccccc3)C[C@@H]21. The molecule has 3 atom stereocenters. The molecule has 0 bridgehead atoms. The summed E-state index contributed by atoms with van der Waals surface area (Å²) < 4.78 is 0. The molecule has 0 unspecified atom stereocenters. The molecular weight excluding hydrogens is 184 g/mol. The van der Waals surface area contributed by atoms with Crippen LogP contribution in [0.2, 0.25) is 0 Å². The first-order valence-corrected chi connectivity index (χ1v) is 5.82. The number of nitrogens with zero attached hydrogens (tertiary/aromatic N) is 1. The Morgan fingerprint density at radius 3 is 2.47 bits per heavy atom. The van der Waals surface area contributed by atoms with E-state index in [4.69, 9.17) is 0 Å². The van der Waals surface area contributed by atoms with Crippen LogP contribution in [0.5, 0.6) is 0 Å². The summed E-state index contributed by atoms with van der Waals surface area (Å²) in [6, 6.07) is 11.6. The van der Waals surface area contributed by atoms with Gasteiger partial charge in [-0.1, -0.05) is 30.3 Å². The Balaban J connectivity index is 1.56. The molecule has 1 aromatic carbocycles. The molecule has 2 fully saturated rings. The molecular formula is C13H18N2. The molecule has 1 heterocycles. The molecule has 80 valence electrons. The number of benzene rings is 1. The van der Waals surface area contributed by atoms with Crippen molar-refractivity contribution in [3.05, 3.63) is 35.9 Å². The smallest absolute Gasteiger partial charge is 0.0233 e. The average Bonchev–Trinajstić information content (AvgIpc) is 2.75. The highest BCUT2D eigenvalue weighted by Crippen LogP contribution is 2.45. The van der Waals surface area contributed by atoms with E-state index in [0.29, 0.717) is 0 Å². The molecule has 1 N–H and O–H groups in total. The zero-order valence-corrected chi connectivity index (χ0v) is 9.19. The molecule has 0 aromatic heterocycles. The second kappa shape index (κ2) is 3.62. The summed E-state index contributed by atoms with van der Waals surface area (Å²) in [6.45, 7) is 3.69. The average molecular weight is 202 g/mol. The second-order valence-corrected chi connectivity index (χ2v) is 4.82. The fourth-order valence-electron chi connectivity index (χ4n) is 3.01. The van der Waals surface area contributed by atoms with E-state index in [9.17, 15) is 0 Å². The molecule has 1 saturated carbocycles. The van der Waals surface area contributed by atoms with Gasteiger partial charge in [0.2, 0.25) is 0 Å². The first-order valence-electron chi connectivity index (χ1n) is 5.82. The first-order chi connectivity index (χ1) is 7.38. The van der Waals surface area contributed by atoms with Crippen molar-refractivity contribution in [2.75, 3.05) is 20.1 Å². The van der Waals surface area contributed by atoms with E-state index in [1.54, 1.807) is 0 Å². The molecule has 0 radical (unpaired) electrons. The van der Waals surface area contributed by atoms with Gasteiger partial charge >= 0.3 is 0 Å². The fraction of sp³-hybridized carbons (Fsp3) is 0.538. The molecule has 1 aromatic rings. The van der Waals surface area contributed by atoms with Gasteiger partial charge in [-0.05, 0) is 24.4 Å². The van der Waals surface area contributed by atoms with Gasteiger partial charge in [-0.2, -0.15) is 0 Å². The van der Waals surface area contributed by atoms with E-state index in [-0.39, 0.29) is 0 Å². The maximum Gasteiger partial charge on any atom is 0.0233 e. The zero-order valence-electron chi connectivity index (χ0n) is 9.19. The van der Waals surface area contributed by atoms with Gasteiger partial charge < -0.3 is 5.32 Å². The van der Waals surface area contributed by atoms with E-state index in [1.807, 2.05) is 0 Å². The minimum atomic E-state index is 0.817. The molecule has 15 heavy (non-hydrogen) atoms. The predicted molar refractivity (Wildman–Crippen MR) is 61.5 cm³/mol. The summed E-state index contributed by atoms with van der Waals surface area (Å²) in [5.41, 5.74) is 1.44. The monoisotopic (exact) mass is 202 g/mol. The van der Waals surface area contributed by atoms with Gasteiger partial charge in [0.15, 0.2) is 0 Å². The predicted octanol–water partition coefficient (Wildman–Crippen LogP) is 1.34. The van der Waals surface area contributed by atoms with Crippen LogP contribution in [-0.2, 0) is 6.54 Å². The molecule has 2 heteroatoms. The standard InChI is InChI=1S/C13H18N2/c1-14-13-11-8-15(9-12(11)13)7-10-5-3-2-4-6-10/h2-6,11-14H,7-9H2,1H3/t11-,12+,13+. The van der Waals surface area contributed by atoms with Crippen molar-refractivity contribution < 1.29 is 0 Å². The quantitative estimate of drug-likeness (QED) is 0.795. The third-order valence-corrected chi connectivity index (χ3v) is 3.85. The summed E-state index contributed by atoms with van der Waals surface area (Å²) in [6.07, 6.45) is 0. The van der Waals surface area contributed by atoms with Crippen LogP contribution >= 0.6 is 0 Å². The number of hydrogen-bond donors (Lipinski definition) is 1. The molecule has 2 nitrogen and oxygen atoms in total. The molecule has 0 spiro atoms. The van der Waals surface area contributed by atoms with Crippen LogP contribution in [0, 0.1) is 11.8 Å². The fourth-order valence-corrected chi connectivity index (χ4v) is 3.01. The van der Waals surface area contributed by atoms with E-state index < -0.39 is 0 Å². The number of fused-ring (bicyclic) bond motifs is 1. The number of nitrogens with one attached hydrogen (secondary N) is 1. The van der Waals surface area contributed by atoms with Crippen LogP contribution in [0.1, 0.15) is 5.56 Å². The normalized spacial score (nSPS) is 34.1. The van der Waals surface area contributed by atoms with Crippen molar-refractivity contribution in [3.8, 4) is 0 Å². The van der Waals surface area contributed by atoms with Crippen molar-refractivity contribution in [2.45, 2.75) is 12.6 Å². The van der Waals surface area contributed by atoms with Gasteiger partial charge in [0, 0.05) is 25.7 Å². The van der Waals surface area contributed by atoms with Crippen molar-refractivity contribution in [1.29, 1.82) is 0 Å². The van der Waals surface area contributed by atoms with Crippen LogP contribution in [0.25, 0.3) is 0 Å². The summed E-state index contributed by atoms with van der Waals surface area (Å²) in [5.74, 6) is 1.86. The maximum atomic E-state index is 3.40. The lowest BCUT2D eigenvalue weighted by Gasteiger charge is -2.19. The lowest BCUT2D eigenvalue weighted by atomic mass is 10.2. The zero-order chi connectivity index (χ0) is 10.3. The third-order valence-electron chi connectivity index (χ3n) is 3.85. The van der Waals surface area contributed by atoms with Crippen molar-refractivity contribution in [1.82, 2.24) is 10.2 Å². The Kier molecular flexibility index (Phi) is 2.26. The number of likely N-dealkylation sites (tertiary alicyclic amines) is 1. The van der Waals surface area contributed by atoms with Gasteiger partial charge in [0.1, 0.15) is 0 Å². The maximum absolute atomic E-state index is 3.40. The van der Waals surface area contributed by atoms with Crippen molar-refractivity contribution in [3.63, 3.8) is 0 Å². The van der Waals surface area contributed by atoms with Gasteiger partial charge in [0.25, 0.3) is 0 Å². The lowest BCUT2D eigenvalue weighted by molar-refractivity contribution is 0.284. The molecule has 1 aliphatic carbocycles. The largest absolute Gasteiger partial charge is 0.316 e. The Labute approximate surface area is 91.3 Å². The third kappa shape index (κ3) is 1.68. The van der Waals surface area contributed by atoms with Crippen LogP contribution in [-0.4, -0.2) is 31.1 Å². The molecule has 3 rings (SSSR count). The van der Waals surface area contributed by atoms with Crippen molar-refractivity contribution in [2.24, 2.45) is 11.8 Å². The van der Waals surface area contributed by atoms with Crippen LogP contribution in [0.4, 0.5) is 0 Å². The summed E-state index contributed by atoms with van der Waals surface area (Å²) in [4.78, 5) is 2.58. The van der Waals surface area contributed by atoms with E-state index >= 15 is 0 Å². The van der Waals surface area contributed by atoms with E-state index in [2.05, 4.69) is 47.6 Å². The van der Waals surface area contributed by atoms with Gasteiger partial charge in [-0.15, -0.1) is 0 Å². The highest BCUT2D eigenvalue weighted by Gasteiger charge is 2.54. The minimum Gasteiger partial charge on any atom is -0.316 e. The van der Waals surface area contributed by atoms with Crippen LogP contribution in [0.15, 0.2) is 30.3 Å².